The van der Waals surface area contributed by atoms with E-state index >= 15 is 0 Å². The lowest BCUT2D eigenvalue weighted by Crippen LogP contribution is -2.41. The van der Waals surface area contributed by atoms with Crippen molar-refractivity contribution in [2.24, 2.45) is 5.92 Å². The van der Waals surface area contributed by atoms with Crippen LogP contribution in [0, 0.1) is 19.8 Å². The summed E-state index contributed by atoms with van der Waals surface area (Å²) in [6.07, 6.45) is 0.259. The molecule has 170 valence electrons. The van der Waals surface area contributed by atoms with Crippen molar-refractivity contribution in [3.05, 3.63) is 47.5 Å². The molecule has 2 aliphatic heterocycles. The molecule has 0 bridgehead atoms. The van der Waals surface area contributed by atoms with Crippen LogP contribution in [0.5, 0.6) is 5.75 Å². The minimum absolute atomic E-state index is 0.0847. The van der Waals surface area contributed by atoms with E-state index in [9.17, 15) is 18.0 Å². The van der Waals surface area contributed by atoms with Crippen LogP contribution >= 0.6 is 0 Å². The standard InChI is InChI=1S/C23H27N3O5S/c1-14-5-4-6-19(15(14)2)24-23(28)17-9-11-26(12-10-17)32(29,30)18-7-8-21-20(13-18)25-22(27)16(3)31-21/h4-8,13,16-17H,9-12H2,1-3H3,(H,24,28)(H,25,27). The zero-order valence-corrected chi connectivity index (χ0v) is 19.2. The fourth-order valence-corrected chi connectivity index (χ4v) is 5.47. The van der Waals surface area contributed by atoms with Gasteiger partial charge in [0.1, 0.15) is 5.75 Å². The fourth-order valence-electron chi connectivity index (χ4n) is 3.98. The van der Waals surface area contributed by atoms with Crippen LogP contribution in [0.15, 0.2) is 41.3 Å². The number of piperidine rings is 1. The molecule has 2 aromatic rings. The van der Waals surface area contributed by atoms with Crippen molar-refractivity contribution in [2.75, 3.05) is 23.7 Å². The lowest BCUT2D eigenvalue weighted by Gasteiger charge is -2.31. The lowest BCUT2D eigenvalue weighted by atomic mass is 9.97. The second-order valence-electron chi connectivity index (χ2n) is 8.32. The number of sulfonamides is 1. The summed E-state index contributed by atoms with van der Waals surface area (Å²) >= 11 is 0. The molecule has 2 aromatic carbocycles. The first-order chi connectivity index (χ1) is 15.2. The summed E-state index contributed by atoms with van der Waals surface area (Å²) in [4.78, 5) is 24.7. The van der Waals surface area contributed by atoms with E-state index in [1.165, 1.54) is 16.4 Å². The van der Waals surface area contributed by atoms with Gasteiger partial charge in [0.05, 0.1) is 10.6 Å². The maximum atomic E-state index is 13.1. The fraction of sp³-hybridized carbons (Fsp3) is 0.391. The number of amides is 2. The van der Waals surface area contributed by atoms with Crippen LogP contribution in [0.1, 0.15) is 30.9 Å². The number of fused-ring (bicyclic) bond motifs is 1. The number of ether oxygens (including phenoxy) is 1. The summed E-state index contributed by atoms with van der Waals surface area (Å²) < 4.78 is 33.2. The first kappa shape index (κ1) is 22.3. The Kier molecular flexibility index (Phi) is 5.96. The van der Waals surface area contributed by atoms with Crippen LogP contribution in [-0.4, -0.2) is 43.7 Å². The summed E-state index contributed by atoms with van der Waals surface area (Å²) in [5.41, 5.74) is 3.26. The molecule has 0 saturated carbocycles. The minimum atomic E-state index is -3.75. The molecule has 32 heavy (non-hydrogen) atoms. The molecule has 1 atom stereocenters. The van der Waals surface area contributed by atoms with Crippen LogP contribution < -0.4 is 15.4 Å². The Morgan fingerprint density at radius 2 is 1.88 bits per heavy atom. The average molecular weight is 458 g/mol. The molecule has 2 N–H and O–H groups in total. The highest BCUT2D eigenvalue weighted by molar-refractivity contribution is 7.89. The van der Waals surface area contributed by atoms with E-state index in [1.54, 1.807) is 13.0 Å². The molecule has 2 aliphatic rings. The molecule has 0 radical (unpaired) electrons. The van der Waals surface area contributed by atoms with Gasteiger partial charge in [0.2, 0.25) is 15.9 Å². The molecule has 4 rings (SSSR count). The maximum Gasteiger partial charge on any atom is 0.265 e. The van der Waals surface area contributed by atoms with Crippen LogP contribution in [0.3, 0.4) is 0 Å². The van der Waals surface area contributed by atoms with Crippen molar-refractivity contribution < 1.29 is 22.7 Å². The average Bonchev–Trinajstić information content (AvgIpc) is 2.77. The number of nitrogens with zero attached hydrogens (tertiary/aromatic N) is 1. The second kappa shape index (κ2) is 8.55. The number of hydrogen-bond acceptors (Lipinski definition) is 5. The van der Waals surface area contributed by atoms with E-state index in [0.29, 0.717) is 24.3 Å². The summed E-state index contributed by atoms with van der Waals surface area (Å²) in [6, 6.07) is 10.2. The van der Waals surface area contributed by atoms with E-state index in [2.05, 4.69) is 10.6 Å². The SMILES string of the molecule is Cc1cccc(NC(=O)C2CCN(S(=O)(=O)c3ccc4c(c3)NC(=O)C(C)O4)CC2)c1C. The van der Waals surface area contributed by atoms with Crippen LogP contribution in [0.2, 0.25) is 0 Å². The predicted octanol–water partition coefficient (Wildman–Crippen LogP) is 3.06. The smallest absolute Gasteiger partial charge is 0.265 e. The number of hydrogen-bond donors (Lipinski definition) is 2. The third-order valence-electron chi connectivity index (χ3n) is 6.21. The molecule has 8 nitrogen and oxygen atoms in total. The summed E-state index contributed by atoms with van der Waals surface area (Å²) in [5, 5.41) is 5.67. The number of carbonyl (C=O) groups is 2. The molecule has 0 spiro atoms. The van der Waals surface area contributed by atoms with Crippen molar-refractivity contribution in [1.82, 2.24) is 4.31 Å². The molecule has 2 amide bonds. The van der Waals surface area contributed by atoms with Gasteiger partial charge in [-0.25, -0.2) is 8.42 Å². The molecule has 2 heterocycles. The van der Waals surface area contributed by atoms with Gasteiger partial charge in [-0.2, -0.15) is 4.31 Å². The Labute approximate surface area is 188 Å². The van der Waals surface area contributed by atoms with E-state index < -0.39 is 16.1 Å². The van der Waals surface area contributed by atoms with Gasteiger partial charge in [0.25, 0.3) is 5.91 Å². The van der Waals surface area contributed by atoms with Gasteiger partial charge in [-0.3, -0.25) is 9.59 Å². The molecule has 1 saturated heterocycles. The van der Waals surface area contributed by atoms with Gasteiger partial charge in [-0.1, -0.05) is 12.1 Å². The molecular weight excluding hydrogens is 430 g/mol. The van der Waals surface area contributed by atoms with Gasteiger partial charge < -0.3 is 15.4 Å². The number of anilines is 2. The van der Waals surface area contributed by atoms with Gasteiger partial charge in [-0.05, 0) is 69.0 Å². The number of aryl methyl sites for hydroxylation is 1. The molecule has 9 heteroatoms. The zero-order chi connectivity index (χ0) is 23.0. The predicted molar refractivity (Wildman–Crippen MR) is 121 cm³/mol. The van der Waals surface area contributed by atoms with Crippen molar-refractivity contribution in [3.63, 3.8) is 0 Å². The highest BCUT2D eigenvalue weighted by atomic mass is 32.2. The van der Waals surface area contributed by atoms with Crippen LogP contribution in [0.25, 0.3) is 0 Å². The number of benzene rings is 2. The Morgan fingerprint density at radius 1 is 1.16 bits per heavy atom. The zero-order valence-electron chi connectivity index (χ0n) is 18.3. The summed E-state index contributed by atoms with van der Waals surface area (Å²) in [7, 11) is -3.75. The van der Waals surface area contributed by atoms with Crippen LogP contribution in [-0.2, 0) is 19.6 Å². The summed E-state index contributed by atoms with van der Waals surface area (Å²) in [5.74, 6) is -0.210. The van der Waals surface area contributed by atoms with Crippen molar-refractivity contribution in [1.29, 1.82) is 0 Å². The van der Waals surface area contributed by atoms with E-state index in [1.807, 2.05) is 32.0 Å². The van der Waals surface area contributed by atoms with E-state index in [0.717, 1.165) is 16.8 Å². The van der Waals surface area contributed by atoms with E-state index in [-0.39, 0.29) is 35.7 Å². The molecule has 0 aliphatic carbocycles. The topological polar surface area (TPSA) is 105 Å². The van der Waals surface area contributed by atoms with Gasteiger partial charge in [0, 0.05) is 24.7 Å². The van der Waals surface area contributed by atoms with Crippen molar-refractivity contribution in [2.45, 2.75) is 44.6 Å². The minimum Gasteiger partial charge on any atom is -0.479 e. The highest BCUT2D eigenvalue weighted by Crippen LogP contribution is 2.33. The lowest BCUT2D eigenvalue weighted by molar-refractivity contribution is -0.123. The monoisotopic (exact) mass is 457 g/mol. The van der Waals surface area contributed by atoms with Gasteiger partial charge in [-0.15, -0.1) is 0 Å². The molecular formula is C23H27N3O5S. The Bertz CT molecular complexity index is 1170. The Morgan fingerprint density at radius 3 is 2.59 bits per heavy atom. The van der Waals surface area contributed by atoms with Crippen LogP contribution in [0.4, 0.5) is 11.4 Å². The largest absolute Gasteiger partial charge is 0.479 e. The first-order valence-electron chi connectivity index (χ1n) is 10.7. The second-order valence-corrected chi connectivity index (χ2v) is 10.3. The first-order valence-corrected chi connectivity index (χ1v) is 12.1. The Hall–Kier alpha value is -2.91. The van der Waals surface area contributed by atoms with Crippen molar-refractivity contribution >= 4 is 33.2 Å². The third-order valence-corrected chi connectivity index (χ3v) is 8.10. The van der Waals surface area contributed by atoms with Crippen molar-refractivity contribution in [3.8, 4) is 5.75 Å². The third kappa shape index (κ3) is 4.22. The van der Waals surface area contributed by atoms with E-state index in [4.69, 9.17) is 4.74 Å². The molecule has 1 fully saturated rings. The molecule has 1 unspecified atom stereocenters. The summed E-state index contributed by atoms with van der Waals surface area (Å²) in [6.45, 7) is 6.10. The maximum absolute atomic E-state index is 13.1. The number of carbonyl (C=O) groups excluding carboxylic acids is 2. The molecule has 0 aromatic heterocycles. The Balaban J connectivity index is 1.42. The highest BCUT2D eigenvalue weighted by Gasteiger charge is 2.33. The van der Waals surface area contributed by atoms with Gasteiger partial charge >= 0.3 is 0 Å². The van der Waals surface area contributed by atoms with Gasteiger partial charge in [0.15, 0.2) is 6.10 Å². The quantitative estimate of drug-likeness (QED) is 0.734. The number of rotatable bonds is 4. The number of nitrogens with one attached hydrogen (secondary N) is 2. The normalized spacial score (nSPS) is 19.6.